The Morgan fingerprint density at radius 3 is 2.88 bits per heavy atom. The number of fused-ring (bicyclic) bond motifs is 1. The molecule has 1 atom stereocenters. The Kier molecular flexibility index (Phi) is 3.15. The van der Waals surface area contributed by atoms with Crippen molar-refractivity contribution in [2.75, 3.05) is 0 Å². The van der Waals surface area contributed by atoms with Crippen LogP contribution in [0.4, 0.5) is 0 Å². The van der Waals surface area contributed by atoms with E-state index in [0.717, 1.165) is 16.7 Å². The summed E-state index contributed by atoms with van der Waals surface area (Å²) in [5.41, 5.74) is 3.63. The highest BCUT2D eigenvalue weighted by Crippen LogP contribution is 2.22. The molecule has 0 aliphatic carbocycles. The van der Waals surface area contributed by atoms with Crippen LogP contribution in [0.2, 0.25) is 0 Å². The SMILES string of the molecule is CCCC(C)n1c(=S)[nH]c2cc(C)ccc21. The maximum atomic E-state index is 5.39. The largest absolute Gasteiger partial charge is 0.331 e. The monoisotopic (exact) mass is 234 g/mol. The summed E-state index contributed by atoms with van der Waals surface area (Å²) in [5, 5.41) is 0. The molecule has 2 rings (SSSR count). The average molecular weight is 234 g/mol. The lowest BCUT2D eigenvalue weighted by atomic mass is 10.1. The molecule has 2 aromatic rings. The van der Waals surface area contributed by atoms with E-state index in [0.29, 0.717) is 6.04 Å². The van der Waals surface area contributed by atoms with Gasteiger partial charge in [-0.05, 0) is 50.2 Å². The zero-order valence-electron chi connectivity index (χ0n) is 10.1. The van der Waals surface area contributed by atoms with Gasteiger partial charge in [-0.3, -0.25) is 0 Å². The Bertz CT molecular complexity index is 551. The molecular weight excluding hydrogens is 216 g/mol. The van der Waals surface area contributed by atoms with Crippen LogP contribution in [0.25, 0.3) is 11.0 Å². The molecule has 3 heteroatoms. The van der Waals surface area contributed by atoms with E-state index in [1.54, 1.807) is 0 Å². The first-order chi connectivity index (χ1) is 7.63. The van der Waals surface area contributed by atoms with Crippen LogP contribution >= 0.6 is 12.2 Å². The van der Waals surface area contributed by atoms with Crippen LogP contribution in [0.1, 0.15) is 38.3 Å². The second kappa shape index (κ2) is 4.42. The van der Waals surface area contributed by atoms with E-state index in [-0.39, 0.29) is 0 Å². The van der Waals surface area contributed by atoms with Crippen LogP contribution in [0.15, 0.2) is 18.2 Å². The molecule has 1 heterocycles. The summed E-state index contributed by atoms with van der Waals surface area (Å²) in [6, 6.07) is 6.91. The number of rotatable bonds is 3. The van der Waals surface area contributed by atoms with Gasteiger partial charge in [0.25, 0.3) is 0 Å². The van der Waals surface area contributed by atoms with Crippen molar-refractivity contribution >= 4 is 23.3 Å². The summed E-state index contributed by atoms with van der Waals surface area (Å²) in [4.78, 5) is 3.28. The Labute approximate surface area is 101 Å². The fourth-order valence-electron chi connectivity index (χ4n) is 2.23. The number of aromatic amines is 1. The minimum atomic E-state index is 0.467. The van der Waals surface area contributed by atoms with Crippen molar-refractivity contribution < 1.29 is 0 Å². The lowest BCUT2D eigenvalue weighted by Gasteiger charge is -2.13. The number of H-pyrrole nitrogens is 1. The second-order valence-electron chi connectivity index (χ2n) is 4.46. The predicted octanol–water partition coefficient (Wildman–Crippen LogP) is 4.37. The number of nitrogens with zero attached hydrogens (tertiary/aromatic N) is 1. The van der Waals surface area contributed by atoms with Crippen LogP contribution in [0, 0.1) is 11.7 Å². The first-order valence-corrected chi connectivity index (χ1v) is 6.25. The van der Waals surface area contributed by atoms with E-state index in [1.807, 2.05) is 0 Å². The molecule has 0 spiro atoms. The van der Waals surface area contributed by atoms with Crippen LogP contribution in [0.5, 0.6) is 0 Å². The van der Waals surface area contributed by atoms with E-state index in [9.17, 15) is 0 Å². The fourth-order valence-corrected chi connectivity index (χ4v) is 2.62. The minimum Gasteiger partial charge on any atom is -0.331 e. The molecule has 0 amide bonds. The molecule has 1 aromatic carbocycles. The highest BCUT2D eigenvalue weighted by atomic mass is 32.1. The van der Waals surface area contributed by atoms with Gasteiger partial charge in [0.1, 0.15) is 0 Å². The normalized spacial score (nSPS) is 13.2. The minimum absolute atomic E-state index is 0.467. The summed E-state index contributed by atoms with van der Waals surface area (Å²) < 4.78 is 3.06. The summed E-state index contributed by atoms with van der Waals surface area (Å²) >= 11 is 5.39. The zero-order chi connectivity index (χ0) is 11.7. The second-order valence-corrected chi connectivity index (χ2v) is 4.85. The van der Waals surface area contributed by atoms with Crippen LogP contribution < -0.4 is 0 Å². The number of benzene rings is 1. The standard InChI is InChI=1S/C13H18N2S/c1-4-5-10(3)15-12-7-6-9(2)8-11(12)14-13(15)16/h6-8,10H,4-5H2,1-3H3,(H,14,16). The summed E-state index contributed by atoms with van der Waals surface area (Å²) in [6.07, 6.45) is 2.34. The first kappa shape index (κ1) is 11.4. The number of hydrogen-bond acceptors (Lipinski definition) is 1. The molecular formula is C13H18N2S. The van der Waals surface area contributed by atoms with Crippen molar-refractivity contribution in [2.45, 2.75) is 39.7 Å². The van der Waals surface area contributed by atoms with E-state index < -0.39 is 0 Å². The average Bonchev–Trinajstić information content (AvgIpc) is 2.53. The lowest BCUT2D eigenvalue weighted by molar-refractivity contribution is 0.507. The van der Waals surface area contributed by atoms with Gasteiger partial charge in [0.2, 0.25) is 0 Å². The molecule has 16 heavy (non-hydrogen) atoms. The van der Waals surface area contributed by atoms with E-state index in [4.69, 9.17) is 12.2 Å². The fraction of sp³-hybridized carbons (Fsp3) is 0.462. The first-order valence-electron chi connectivity index (χ1n) is 5.84. The van der Waals surface area contributed by atoms with Crippen LogP contribution in [-0.2, 0) is 0 Å². The molecule has 0 aliphatic rings. The third-order valence-corrected chi connectivity index (χ3v) is 3.32. The van der Waals surface area contributed by atoms with Crippen molar-refractivity contribution in [1.82, 2.24) is 9.55 Å². The molecule has 2 nitrogen and oxygen atoms in total. The third kappa shape index (κ3) is 1.92. The Morgan fingerprint density at radius 1 is 1.44 bits per heavy atom. The number of imidazole rings is 1. The molecule has 0 saturated heterocycles. The molecule has 86 valence electrons. The molecule has 0 bridgehead atoms. The van der Waals surface area contributed by atoms with Crippen LogP contribution in [-0.4, -0.2) is 9.55 Å². The van der Waals surface area contributed by atoms with Gasteiger partial charge in [-0.15, -0.1) is 0 Å². The predicted molar refractivity (Wildman–Crippen MR) is 71.5 cm³/mol. The maximum absolute atomic E-state index is 5.39. The van der Waals surface area contributed by atoms with Gasteiger partial charge < -0.3 is 9.55 Å². The van der Waals surface area contributed by atoms with Crippen molar-refractivity contribution in [1.29, 1.82) is 0 Å². The molecule has 0 aliphatic heterocycles. The Morgan fingerprint density at radius 2 is 2.19 bits per heavy atom. The molecule has 0 radical (unpaired) electrons. The maximum Gasteiger partial charge on any atom is 0.178 e. The van der Waals surface area contributed by atoms with Crippen molar-refractivity contribution in [3.05, 3.63) is 28.5 Å². The molecule has 0 fully saturated rings. The quantitative estimate of drug-likeness (QED) is 0.782. The van der Waals surface area contributed by atoms with Gasteiger partial charge in [-0.2, -0.15) is 0 Å². The van der Waals surface area contributed by atoms with Gasteiger partial charge in [0.05, 0.1) is 11.0 Å². The van der Waals surface area contributed by atoms with E-state index in [1.165, 1.54) is 17.5 Å². The zero-order valence-corrected chi connectivity index (χ0v) is 10.9. The topological polar surface area (TPSA) is 20.7 Å². The van der Waals surface area contributed by atoms with Gasteiger partial charge in [-0.25, -0.2) is 0 Å². The Balaban J connectivity index is 2.60. The van der Waals surface area contributed by atoms with E-state index >= 15 is 0 Å². The molecule has 1 N–H and O–H groups in total. The molecule has 1 aromatic heterocycles. The molecule has 0 saturated carbocycles. The van der Waals surface area contributed by atoms with Gasteiger partial charge in [0.15, 0.2) is 4.77 Å². The van der Waals surface area contributed by atoms with Gasteiger partial charge in [-0.1, -0.05) is 19.4 Å². The van der Waals surface area contributed by atoms with Crippen molar-refractivity contribution in [3.63, 3.8) is 0 Å². The Hall–Kier alpha value is -1.09. The smallest absolute Gasteiger partial charge is 0.178 e. The van der Waals surface area contributed by atoms with Gasteiger partial charge >= 0.3 is 0 Å². The van der Waals surface area contributed by atoms with Gasteiger partial charge in [0, 0.05) is 6.04 Å². The number of aryl methyl sites for hydroxylation is 1. The highest BCUT2D eigenvalue weighted by molar-refractivity contribution is 7.71. The van der Waals surface area contributed by atoms with Crippen molar-refractivity contribution in [2.24, 2.45) is 0 Å². The third-order valence-electron chi connectivity index (χ3n) is 3.02. The number of hydrogen-bond donors (Lipinski definition) is 1. The summed E-state index contributed by atoms with van der Waals surface area (Å²) in [7, 11) is 0. The highest BCUT2D eigenvalue weighted by Gasteiger charge is 2.09. The molecule has 1 unspecified atom stereocenters. The van der Waals surface area contributed by atoms with E-state index in [2.05, 4.69) is 48.5 Å². The summed E-state index contributed by atoms with van der Waals surface area (Å²) in [5.74, 6) is 0. The lowest BCUT2D eigenvalue weighted by Crippen LogP contribution is -2.04. The number of aromatic nitrogens is 2. The summed E-state index contributed by atoms with van der Waals surface area (Å²) in [6.45, 7) is 6.54. The number of nitrogens with one attached hydrogen (secondary N) is 1. The van der Waals surface area contributed by atoms with Crippen LogP contribution in [0.3, 0.4) is 0 Å². The van der Waals surface area contributed by atoms with Crippen molar-refractivity contribution in [3.8, 4) is 0 Å².